The number of amides is 1. The fourth-order valence-corrected chi connectivity index (χ4v) is 3.36. The van der Waals surface area contributed by atoms with Crippen LogP contribution in [0.4, 0.5) is 18.9 Å². The molecule has 168 valence electrons. The number of carbonyl (C=O) groups excluding carboxylic acids is 1. The second kappa shape index (κ2) is 11.1. The highest BCUT2D eigenvalue weighted by Crippen LogP contribution is 2.31. The standard InChI is InChI=1S/C20H28F3N5O.HI/c1-24-19(25-9-3-6-18(29)26-16-7-8-16)28-12-10-27(11-13-28)17-5-2-4-15(14-17)20(21,22)23;/h2,4-5,14,16H,3,6-13H2,1H3,(H,24,25)(H,26,29);1H. The number of piperazine rings is 1. The number of anilines is 1. The van der Waals surface area contributed by atoms with Gasteiger partial charge in [-0.2, -0.15) is 13.2 Å². The molecule has 1 amide bonds. The van der Waals surface area contributed by atoms with Crippen LogP contribution < -0.4 is 15.5 Å². The maximum absolute atomic E-state index is 12.9. The topological polar surface area (TPSA) is 60.0 Å². The van der Waals surface area contributed by atoms with E-state index < -0.39 is 11.7 Å². The Labute approximate surface area is 192 Å². The predicted octanol–water partition coefficient (Wildman–Crippen LogP) is 3.08. The Balaban J connectivity index is 0.00000320. The van der Waals surface area contributed by atoms with Crippen molar-refractivity contribution in [3.8, 4) is 0 Å². The van der Waals surface area contributed by atoms with E-state index in [1.165, 1.54) is 12.1 Å². The molecular formula is C20H29F3IN5O. The number of rotatable bonds is 6. The van der Waals surface area contributed by atoms with E-state index >= 15 is 0 Å². The minimum atomic E-state index is -4.33. The normalized spacial score (nSPS) is 17.4. The van der Waals surface area contributed by atoms with Gasteiger partial charge >= 0.3 is 6.18 Å². The molecule has 2 fully saturated rings. The van der Waals surface area contributed by atoms with Gasteiger partial charge in [0.15, 0.2) is 5.96 Å². The van der Waals surface area contributed by atoms with Crippen molar-refractivity contribution in [2.75, 3.05) is 44.7 Å². The van der Waals surface area contributed by atoms with E-state index in [-0.39, 0.29) is 29.9 Å². The van der Waals surface area contributed by atoms with E-state index in [0.717, 1.165) is 31.3 Å². The molecule has 30 heavy (non-hydrogen) atoms. The fraction of sp³-hybridized carbons (Fsp3) is 0.600. The molecule has 0 spiro atoms. The van der Waals surface area contributed by atoms with E-state index in [1.807, 2.05) is 4.90 Å². The lowest BCUT2D eigenvalue weighted by Gasteiger charge is -2.37. The molecular weight excluding hydrogens is 510 g/mol. The third-order valence-electron chi connectivity index (χ3n) is 5.14. The van der Waals surface area contributed by atoms with Crippen molar-refractivity contribution in [2.45, 2.75) is 37.9 Å². The maximum Gasteiger partial charge on any atom is 0.416 e. The van der Waals surface area contributed by atoms with Crippen LogP contribution in [0.2, 0.25) is 0 Å². The molecule has 6 nitrogen and oxygen atoms in total. The number of nitrogens with zero attached hydrogens (tertiary/aromatic N) is 3. The van der Waals surface area contributed by atoms with E-state index in [4.69, 9.17) is 0 Å². The van der Waals surface area contributed by atoms with Crippen molar-refractivity contribution in [3.05, 3.63) is 29.8 Å². The molecule has 10 heteroatoms. The molecule has 1 aromatic carbocycles. The van der Waals surface area contributed by atoms with Crippen molar-refractivity contribution in [3.63, 3.8) is 0 Å². The summed E-state index contributed by atoms with van der Waals surface area (Å²) in [6.45, 7) is 3.21. The molecule has 3 rings (SSSR count). The third-order valence-corrected chi connectivity index (χ3v) is 5.14. The second-order valence-corrected chi connectivity index (χ2v) is 7.44. The van der Waals surface area contributed by atoms with Gasteiger partial charge in [-0.3, -0.25) is 9.79 Å². The summed E-state index contributed by atoms with van der Waals surface area (Å²) in [7, 11) is 1.71. The van der Waals surface area contributed by atoms with Gasteiger partial charge in [0.1, 0.15) is 0 Å². The molecule has 2 aliphatic rings. The molecule has 1 aliphatic carbocycles. The van der Waals surface area contributed by atoms with Crippen molar-refractivity contribution < 1.29 is 18.0 Å². The minimum Gasteiger partial charge on any atom is -0.368 e. The summed E-state index contributed by atoms with van der Waals surface area (Å²) in [6, 6.07) is 5.84. The summed E-state index contributed by atoms with van der Waals surface area (Å²) in [5, 5.41) is 6.25. The Morgan fingerprint density at radius 2 is 1.90 bits per heavy atom. The van der Waals surface area contributed by atoms with Crippen molar-refractivity contribution in [1.29, 1.82) is 0 Å². The largest absolute Gasteiger partial charge is 0.416 e. The van der Waals surface area contributed by atoms with Gasteiger partial charge in [-0.25, -0.2) is 0 Å². The van der Waals surface area contributed by atoms with Crippen molar-refractivity contribution >= 4 is 41.5 Å². The van der Waals surface area contributed by atoms with E-state index in [2.05, 4.69) is 20.5 Å². The van der Waals surface area contributed by atoms with Crippen LogP contribution in [-0.2, 0) is 11.0 Å². The van der Waals surface area contributed by atoms with Crippen LogP contribution in [0.25, 0.3) is 0 Å². The lowest BCUT2D eigenvalue weighted by Crippen LogP contribution is -2.52. The first-order valence-electron chi connectivity index (χ1n) is 10.0. The average Bonchev–Trinajstić information content (AvgIpc) is 3.52. The van der Waals surface area contributed by atoms with Gasteiger partial charge in [0, 0.05) is 57.9 Å². The molecule has 1 aromatic rings. The maximum atomic E-state index is 12.9. The van der Waals surface area contributed by atoms with Crippen LogP contribution >= 0.6 is 24.0 Å². The lowest BCUT2D eigenvalue weighted by atomic mass is 10.1. The number of alkyl halides is 3. The summed E-state index contributed by atoms with van der Waals surface area (Å²) < 4.78 is 38.8. The predicted molar refractivity (Wildman–Crippen MR) is 122 cm³/mol. The molecule has 1 saturated carbocycles. The SMILES string of the molecule is CN=C(NCCCC(=O)NC1CC1)N1CCN(c2cccc(C(F)(F)F)c2)CC1.I. The molecule has 2 N–H and O–H groups in total. The summed E-state index contributed by atoms with van der Waals surface area (Å²) in [5.41, 5.74) is -0.0373. The molecule has 1 aliphatic heterocycles. The van der Waals surface area contributed by atoms with Gasteiger partial charge in [-0.15, -0.1) is 24.0 Å². The monoisotopic (exact) mass is 539 g/mol. The van der Waals surface area contributed by atoms with Gasteiger partial charge in [0.05, 0.1) is 5.56 Å². The quantitative estimate of drug-likeness (QED) is 0.253. The van der Waals surface area contributed by atoms with Crippen molar-refractivity contribution in [1.82, 2.24) is 15.5 Å². The molecule has 1 saturated heterocycles. The van der Waals surface area contributed by atoms with E-state index in [1.54, 1.807) is 13.1 Å². The number of hydrogen-bond donors (Lipinski definition) is 2. The lowest BCUT2D eigenvalue weighted by molar-refractivity contribution is -0.137. The first-order valence-corrected chi connectivity index (χ1v) is 10.0. The third kappa shape index (κ3) is 7.21. The number of benzene rings is 1. The molecule has 0 radical (unpaired) electrons. The van der Waals surface area contributed by atoms with E-state index in [9.17, 15) is 18.0 Å². The van der Waals surface area contributed by atoms with Crippen molar-refractivity contribution in [2.24, 2.45) is 4.99 Å². The van der Waals surface area contributed by atoms with Crippen LogP contribution in [-0.4, -0.2) is 62.6 Å². The first kappa shape index (κ1) is 24.5. The van der Waals surface area contributed by atoms with Crippen LogP contribution in [0.15, 0.2) is 29.3 Å². The Bertz CT molecular complexity index is 731. The zero-order valence-corrected chi connectivity index (χ0v) is 19.4. The number of aliphatic imine (C=N–C) groups is 1. The summed E-state index contributed by atoms with van der Waals surface area (Å²) in [6.07, 6.45) is -0.947. The molecule has 0 bridgehead atoms. The van der Waals surface area contributed by atoms with Gasteiger partial charge in [-0.1, -0.05) is 6.07 Å². The molecule has 0 unspecified atom stereocenters. The molecule has 0 aromatic heterocycles. The number of carbonyl (C=O) groups is 1. The molecule has 1 heterocycles. The zero-order chi connectivity index (χ0) is 20.9. The second-order valence-electron chi connectivity index (χ2n) is 7.44. The summed E-state index contributed by atoms with van der Waals surface area (Å²) >= 11 is 0. The van der Waals surface area contributed by atoms with E-state index in [0.29, 0.717) is 50.9 Å². The van der Waals surface area contributed by atoms with Gasteiger partial charge in [-0.05, 0) is 37.5 Å². The Hall–Kier alpha value is -1.72. The number of halogens is 4. The van der Waals surface area contributed by atoms with Crippen LogP contribution in [0.5, 0.6) is 0 Å². The highest BCUT2D eigenvalue weighted by atomic mass is 127. The van der Waals surface area contributed by atoms with Crippen LogP contribution in [0, 0.1) is 0 Å². The minimum absolute atomic E-state index is 0. The Morgan fingerprint density at radius 3 is 2.50 bits per heavy atom. The highest BCUT2D eigenvalue weighted by Gasteiger charge is 2.31. The van der Waals surface area contributed by atoms with Gasteiger partial charge < -0.3 is 20.4 Å². The smallest absolute Gasteiger partial charge is 0.368 e. The number of guanidine groups is 1. The number of hydrogen-bond acceptors (Lipinski definition) is 3. The summed E-state index contributed by atoms with van der Waals surface area (Å²) in [4.78, 5) is 20.1. The highest BCUT2D eigenvalue weighted by molar-refractivity contribution is 14.0. The Kier molecular flexibility index (Phi) is 9.05. The zero-order valence-electron chi connectivity index (χ0n) is 17.0. The van der Waals surface area contributed by atoms with Gasteiger partial charge in [0.25, 0.3) is 0 Å². The molecule has 0 atom stereocenters. The average molecular weight is 539 g/mol. The van der Waals surface area contributed by atoms with Crippen LogP contribution in [0.1, 0.15) is 31.2 Å². The first-order chi connectivity index (χ1) is 13.9. The Morgan fingerprint density at radius 1 is 1.20 bits per heavy atom. The van der Waals surface area contributed by atoms with Crippen LogP contribution in [0.3, 0.4) is 0 Å². The summed E-state index contributed by atoms with van der Waals surface area (Å²) in [5.74, 6) is 0.857. The fourth-order valence-electron chi connectivity index (χ4n) is 3.36. The van der Waals surface area contributed by atoms with Gasteiger partial charge in [0.2, 0.25) is 5.91 Å². The number of nitrogens with one attached hydrogen (secondary N) is 2.